The summed E-state index contributed by atoms with van der Waals surface area (Å²) in [5, 5.41) is 8.95. The van der Waals surface area contributed by atoms with Crippen molar-refractivity contribution in [2.75, 3.05) is 19.4 Å². The normalized spacial score (nSPS) is 13.6. The van der Waals surface area contributed by atoms with Crippen LogP contribution in [0.4, 0.5) is 0 Å². The first-order chi connectivity index (χ1) is 7.53. The Bertz CT molecular complexity index is 402. The topological polar surface area (TPSA) is 66.4 Å². The summed E-state index contributed by atoms with van der Waals surface area (Å²) >= 11 is 0. The molecule has 0 spiro atoms. The van der Waals surface area contributed by atoms with Crippen LogP contribution in [0.5, 0.6) is 0 Å². The van der Waals surface area contributed by atoms with Crippen molar-refractivity contribution in [3.05, 3.63) is 35.9 Å². The zero-order valence-corrected chi connectivity index (χ0v) is 10.1. The molecule has 0 aliphatic rings. The lowest BCUT2D eigenvalue weighted by atomic mass is 9.96. The molecule has 0 heterocycles. The second-order valence-corrected chi connectivity index (χ2v) is 5.57. The summed E-state index contributed by atoms with van der Waals surface area (Å²) < 4.78 is 24.5. The molecule has 0 saturated heterocycles. The van der Waals surface area contributed by atoms with Crippen LogP contribution in [0.15, 0.2) is 30.3 Å². The van der Waals surface area contributed by atoms with Gasteiger partial charge in [-0.05, 0) is 17.9 Å². The van der Waals surface area contributed by atoms with Crippen LogP contribution in [-0.4, -0.2) is 32.9 Å². The molecule has 16 heavy (non-hydrogen) atoms. The number of nitrogens with one attached hydrogen (secondary N) is 1. The van der Waals surface area contributed by atoms with Gasteiger partial charge in [0.1, 0.15) is 0 Å². The maximum atomic E-state index is 11.0. The molecule has 0 bridgehead atoms. The highest BCUT2D eigenvalue weighted by Crippen LogP contribution is 2.18. The molecule has 0 amide bonds. The van der Waals surface area contributed by atoms with E-state index in [-0.39, 0.29) is 12.5 Å². The number of benzene rings is 1. The largest absolute Gasteiger partial charge is 0.396 e. The number of sulfonamides is 1. The van der Waals surface area contributed by atoms with Crippen molar-refractivity contribution in [3.63, 3.8) is 0 Å². The summed E-state index contributed by atoms with van der Waals surface area (Å²) in [5.74, 6) is 0.0147. The fourth-order valence-electron chi connectivity index (χ4n) is 1.52. The smallest absolute Gasteiger partial charge is 0.208 e. The molecule has 1 atom stereocenters. The van der Waals surface area contributed by atoms with Gasteiger partial charge in [0.15, 0.2) is 0 Å². The van der Waals surface area contributed by atoms with Gasteiger partial charge in [0.25, 0.3) is 0 Å². The van der Waals surface area contributed by atoms with Crippen molar-refractivity contribution >= 4 is 10.0 Å². The summed E-state index contributed by atoms with van der Waals surface area (Å²) in [5.41, 5.74) is 1.03. The van der Waals surface area contributed by atoms with Crippen LogP contribution < -0.4 is 4.72 Å². The Morgan fingerprint density at radius 2 is 1.94 bits per heavy atom. The van der Waals surface area contributed by atoms with Crippen LogP contribution in [0.3, 0.4) is 0 Å². The lowest BCUT2D eigenvalue weighted by molar-refractivity contribution is 0.275. The SMILES string of the molecule is CS(=O)(=O)NCC(CCO)c1ccccc1. The highest BCUT2D eigenvalue weighted by Gasteiger charge is 2.12. The van der Waals surface area contributed by atoms with E-state index < -0.39 is 10.0 Å². The molecule has 1 rings (SSSR count). The molecule has 1 aromatic carbocycles. The average Bonchev–Trinajstić information content (AvgIpc) is 2.24. The summed E-state index contributed by atoms with van der Waals surface area (Å²) in [6.07, 6.45) is 1.68. The molecule has 0 fully saturated rings. The van der Waals surface area contributed by atoms with Crippen molar-refractivity contribution in [1.82, 2.24) is 4.72 Å². The van der Waals surface area contributed by atoms with E-state index in [0.717, 1.165) is 11.8 Å². The Hall–Kier alpha value is -0.910. The molecule has 90 valence electrons. The maximum absolute atomic E-state index is 11.0. The monoisotopic (exact) mass is 243 g/mol. The fourth-order valence-corrected chi connectivity index (χ4v) is 2.02. The van der Waals surface area contributed by atoms with E-state index in [1.54, 1.807) is 0 Å². The van der Waals surface area contributed by atoms with E-state index in [1.807, 2.05) is 30.3 Å². The Balaban J connectivity index is 2.69. The van der Waals surface area contributed by atoms with Crippen LogP contribution in [0, 0.1) is 0 Å². The molecule has 0 aromatic heterocycles. The van der Waals surface area contributed by atoms with E-state index in [2.05, 4.69) is 4.72 Å². The first-order valence-corrected chi connectivity index (χ1v) is 7.02. The lowest BCUT2D eigenvalue weighted by Gasteiger charge is -2.16. The molecule has 0 radical (unpaired) electrons. The predicted octanol–water partition coefficient (Wildman–Crippen LogP) is 0.702. The fraction of sp³-hybridized carbons (Fsp3) is 0.455. The van der Waals surface area contributed by atoms with Crippen molar-refractivity contribution in [1.29, 1.82) is 0 Å². The van der Waals surface area contributed by atoms with Crippen molar-refractivity contribution in [3.8, 4) is 0 Å². The van der Waals surface area contributed by atoms with E-state index in [1.165, 1.54) is 0 Å². The van der Waals surface area contributed by atoms with Gasteiger partial charge in [-0.3, -0.25) is 0 Å². The third-order valence-electron chi connectivity index (χ3n) is 2.34. The highest BCUT2D eigenvalue weighted by molar-refractivity contribution is 7.88. The Labute approximate surface area is 96.4 Å². The molecule has 1 unspecified atom stereocenters. The van der Waals surface area contributed by atoms with Gasteiger partial charge in [-0.1, -0.05) is 30.3 Å². The van der Waals surface area contributed by atoms with Gasteiger partial charge in [0, 0.05) is 13.2 Å². The Morgan fingerprint density at radius 1 is 1.31 bits per heavy atom. The van der Waals surface area contributed by atoms with Gasteiger partial charge >= 0.3 is 0 Å². The molecular formula is C11H17NO3S. The highest BCUT2D eigenvalue weighted by atomic mass is 32.2. The zero-order valence-electron chi connectivity index (χ0n) is 9.26. The Morgan fingerprint density at radius 3 is 2.44 bits per heavy atom. The quantitative estimate of drug-likeness (QED) is 0.773. The summed E-state index contributed by atoms with van der Waals surface area (Å²) in [7, 11) is -3.18. The van der Waals surface area contributed by atoms with Gasteiger partial charge in [0.05, 0.1) is 6.26 Å². The van der Waals surface area contributed by atoms with Crippen LogP contribution in [0.25, 0.3) is 0 Å². The number of hydrogen-bond acceptors (Lipinski definition) is 3. The minimum atomic E-state index is -3.18. The van der Waals surface area contributed by atoms with Crippen LogP contribution in [0.2, 0.25) is 0 Å². The molecule has 0 aliphatic heterocycles. The number of aliphatic hydroxyl groups excluding tert-OH is 1. The average molecular weight is 243 g/mol. The van der Waals surface area contributed by atoms with Crippen LogP contribution >= 0.6 is 0 Å². The first kappa shape index (κ1) is 13.2. The molecule has 0 saturated carbocycles. The zero-order chi connectivity index (χ0) is 12.0. The van der Waals surface area contributed by atoms with E-state index >= 15 is 0 Å². The molecule has 4 nitrogen and oxygen atoms in total. The standard InChI is InChI=1S/C11H17NO3S/c1-16(14,15)12-9-11(7-8-13)10-5-3-2-4-6-10/h2-6,11-13H,7-9H2,1H3. The van der Waals surface area contributed by atoms with Gasteiger partial charge < -0.3 is 5.11 Å². The van der Waals surface area contributed by atoms with E-state index in [4.69, 9.17) is 5.11 Å². The second-order valence-electron chi connectivity index (χ2n) is 3.74. The first-order valence-electron chi connectivity index (χ1n) is 5.13. The molecule has 2 N–H and O–H groups in total. The van der Waals surface area contributed by atoms with Gasteiger partial charge in [-0.15, -0.1) is 0 Å². The number of aliphatic hydroxyl groups is 1. The predicted molar refractivity (Wildman–Crippen MR) is 63.7 cm³/mol. The summed E-state index contributed by atoms with van der Waals surface area (Å²) in [6.45, 7) is 0.369. The third kappa shape index (κ3) is 4.74. The second kappa shape index (κ2) is 5.98. The molecule has 5 heteroatoms. The maximum Gasteiger partial charge on any atom is 0.208 e. The minimum Gasteiger partial charge on any atom is -0.396 e. The van der Waals surface area contributed by atoms with E-state index in [9.17, 15) is 8.42 Å². The van der Waals surface area contributed by atoms with Crippen LogP contribution in [0.1, 0.15) is 17.9 Å². The van der Waals surface area contributed by atoms with Gasteiger partial charge in [-0.25, -0.2) is 13.1 Å². The lowest BCUT2D eigenvalue weighted by Crippen LogP contribution is -2.27. The van der Waals surface area contributed by atoms with Crippen molar-refractivity contribution < 1.29 is 13.5 Å². The summed E-state index contributed by atoms with van der Waals surface area (Å²) in [4.78, 5) is 0. The van der Waals surface area contributed by atoms with Crippen molar-refractivity contribution in [2.24, 2.45) is 0 Å². The van der Waals surface area contributed by atoms with Gasteiger partial charge in [0.2, 0.25) is 10.0 Å². The van der Waals surface area contributed by atoms with E-state index in [0.29, 0.717) is 13.0 Å². The minimum absolute atomic E-state index is 0.0147. The molecule has 1 aromatic rings. The number of hydrogen-bond donors (Lipinski definition) is 2. The van der Waals surface area contributed by atoms with Crippen molar-refractivity contribution in [2.45, 2.75) is 12.3 Å². The molecular weight excluding hydrogens is 226 g/mol. The third-order valence-corrected chi connectivity index (χ3v) is 3.03. The van der Waals surface area contributed by atoms with Crippen LogP contribution in [-0.2, 0) is 10.0 Å². The number of rotatable bonds is 6. The Kier molecular flexibility index (Phi) is 4.92. The molecule has 0 aliphatic carbocycles. The van der Waals surface area contributed by atoms with Gasteiger partial charge in [-0.2, -0.15) is 0 Å². The summed E-state index contributed by atoms with van der Waals surface area (Å²) in [6, 6.07) is 9.58.